The van der Waals surface area contributed by atoms with Crippen molar-refractivity contribution in [2.75, 3.05) is 19.6 Å². The standard InChI is InChI=1S/C27H35N3O/c1-17-14-21-11-13-30-16-22-10-7-12-28-23(22)15-24(30)26(21)25(18(17)2)27(31)29-19(3)20-8-5-4-6-9-20/h4-6,8-9,14,19,22-24,28H,7,10-13,15-16H2,1-3H3,(H,29,31)/t19-,22+,23-,24-/m1/s1. The molecule has 4 atom stereocenters. The van der Waals surface area contributed by atoms with E-state index in [1.54, 1.807) is 0 Å². The molecule has 0 unspecified atom stereocenters. The average molecular weight is 418 g/mol. The van der Waals surface area contributed by atoms with E-state index in [1.807, 2.05) is 18.2 Å². The van der Waals surface area contributed by atoms with Gasteiger partial charge < -0.3 is 10.6 Å². The normalized spacial score (nSPS) is 26.4. The third-order valence-corrected chi connectivity index (χ3v) is 7.96. The SMILES string of the molecule is Cc1cc2c(c(C(=O)N[C@H](C)c3ccccc3)c1C)[C@H]1C[C@H]3NCCC[C@H]3CN1CC2. The lowest BCUT2D eigenvalue weighted by Crippen LogP contribution is -2.55. The van der Waals surface area contributed by atoms with Gasteiger partial charge in [0.25, 0.3) is 5.91 Å². The van der Waals surface area contributed by atoms with Gasteiger partial charge in [0.15, 0.2) is 0 Å². The number of amides is 1. The predicted molar refractivity (Wildman–Crippen MR) is 125 cm³/mol. The Morgan fingerprint density at radius 3 is 2.84 bits per heavy atom. The number of benzene rings is 2. The van der Waals surface area contributed by atoms with E-state index in [0.29, 0.717) is 12.1 Å². The van der Waals surface area contributed by atoms with Crippen LogP contribution >= 0.6 is 0 Å². The highest BCUT2D eigenvalue weighted by molar-refractivity contribution is 5.98. The lowest BCUT2D eigenvalue weighted by molar-refractivity contribution is 0.0542. The Balaban J connectivity index is 1.50. The molecule has 3 heterocycles. The number of aryl methyl sites for hydroxylation is 1. The van der Waals surface area contributed by atoms with Gasteiger partial charge in [-0.2, -0.15) is 0 Å². The number of carbonyl (C=O) groups is 1. The van der Waals surface area contributed by atoms with E-state index in [9.17, 15) is 4.79 Å². The average Bonchev–Trinajstić information content (AvgIpc) is 2.79. The summed E-state index contributed by atoms with van der Waals surface area (Å²) in [7, 11) is 0. The molecule has 2 fully saturated rings. The van der Waals surface area contributed by atoms with Crippen LogP contribution < -0.4 is 10.6 Å². The number of hydrogen-bond acceptors (Lipinski definition) is 3. The molecule has 3 aliphatic heterocycles. The molecule has 2 aromatic carbocycles. The summed E-state index contributed by atoms with van der Waals surface area (Å²) in [5.74, 6) is 0.836. The van der Waals surface area contributed by atoms with Crippen LogP contribution in [0.1, 0.15) is 76.4 Å². The Hall–Kier alpha value is -2.17. The second kappa shape index (κ2) is 8.40. The van der Waals surface area contributed by atoms with E-state index in [2.05, 4.69) is 54.5 Å². The minimum atomic E-state index is -0.0142. The highest BCUT2D eigenvalue weighted by Crippen LogP contribution is 2.43. The lowest BCUT2D eigenvalue weighted by atomic mass is 9.75. The second-order valence-corrected chi connectivity index (χ2v) is 9.83. The molecule has 2 N–H and O–H groups in total. The van der Waals surface area contributed by atoms with Crippen LogP contribution in [-0.4, -0.2) is 36.5 Å². The molecule has 4 nitrogen and oxygen atoms in total. The van der Waals surface area contributed by atoms with Crippen LogP contribution in [0.4, 0.5) is 0 Å². The quantitative estimate of drug-likeness (QED) is 0.775. The molecular formula is C27H35N3O. The fraction of sp³-hybridized carbons (Fsp3) is 0.519. The van der Waals surface area contributed by atoms with Gasteiger partial charge in [-0.3, -0.25) is 9.69 Å². The van der Waals surface area contributed by atoms with Gasteiger partial charge in [0, 0.05) is 30.7 Å². The maximum atomic E-state index is 13.7. The smallest absolute Gasteiger partial charge is 0.252 e. The summed E-state index contributed by atoms with van der Waals surface area (Å²) in [6.07, 6.45) is 4.79. The number of hydrogen-bond donors (Lipinski definition) is 2. The van der Waals surface area contributed by atoms with Crippen LogP contribution in [0.5, 0.6) is 0 Å². The first-order valence-electron chi connectivity index (χ1n) is 12.0. The fourth-order valence-electron chi connectivity index (χ4n) is 6.12. The second-order valence-electron chi connectivity index (χ2n) is 9.83. The van der Waals surface area contributed by atoms with Crippen LogP contribution in [-0.2, 0) is 6.42 Å². The summed E-state index contributed by atoms with van der Waals surface area (Å²) in [6.45, 7) is 9.77. The molecule has 164 valence electrons. The van der Waals surface area contributed by atoms with Crippen molar-refractivity contribution in [1.82, 2.24) is 15.5 Å². The summed E-state index contributed by atoms with van der Waals surface area (Å²) in [6, 6.07) is 13.5. The minimum absolute atomic E-state index is 0.0142. The Kier molecular flexibility index (Phi) is 5.61. The Bertz CT molecular complexity index is 970. The molecule has 0 bridgehead atoms. The van der Waals surface area contributed by atoms with Crippen molar-refractivity contribution in [3.8, 4) is 0 Å². The van der Waals surface area contributed by atoms with Gasteiger partial charge in [0.1, 0.15) is 0 Å². The third-order valence-electron chi connectivity index (χ3n) is 7.96. The summed E-state index contributed by atoms with van der Waals surface area (Å²) >= 11 is 0. The van der Waals surface area contributed by atoms with Crippen molar-refractivity contribution in [2.24, 2.45) is 5.92 Å². The van der Waals surface area contributed by atoms with Gasteiger partial charge in [-0.25, -0.2) is 0 Å². The zero-order valence-corrected chi connectivity index (χ0v) is 19.1. The Morgan fingerprint density at radius 1 is 1.23 bits per heavy atom. The molecule has 31 heavy (non-hydrogen) atoms. The minimum Gasteiger partial charge on any atom is -0.346 e. The molecule has 0 spiro atoms. The molecule has 2 saturated heterocycles. The Morgan fingerprint density at radius 2 is 2.03 bits per heavy atom. The molecule has 4 heteroatoms. The van der Waals surface area contributed by atoms with E-state index >= 15 is 0 Å². The molecule has 1 amide bonds. The number of nitrogens with zero attached hydrogens (tertiary/aromatic N) is 1. The number of piperidine rings is 2. The summed E-state index contributed by atoms with van der Waals surface area (Å²) in [4.78, 5) is 16.4. The van der Waals surface area contributed by atoms with Crippen molar-refractivity contribution in [2.45, 2.75) is 64.6 Å². The van der Waals surface area contributed by atoms with Crippen molar-refractivity contribution in [3.05, 3.63) is 69.8 Å². The topological polar surface area (TPSA) is 44.4 Å². The van der Waals surface area contributed by atoms with Crippen molar-refractivity contribution in [1.29, 1.82) is 0 Å². The fourth-order valence-corrected chi connectivity index (χ4v) is 6.12. The van der Waals surface area contributed by atoms with E-state index in [-0.39, 0.29) is 11.9 Å². The van der Waals surface area contributed by atoms with Gasteiger partial charge in [0.05, 0.1) is 6.04 Å². The molecule has 0 aliphatic carbocycles. The maximum absolute atomic E-state index is 13.7. The number of carbonyl (C=O) groups excluding carboxylic acids is 1. The highest BCUT2D eigenvalue weighted by Gasteiger charge is 2.41. The van der Waals surface area contributed by atoms with Gasteiger partial charge in [-0.1, -0.05) is 36.4 Å². The zero-order valence-electron chi connectivity index (χ0n) is 19.1. The van der Waals surface area contributed by atoms with Crippen LogP contribution in [0.15, 0.2) is 36.4 Å². The summed E-state index contributed by atoms with van der Waals surface area (Å²) in [5, 5.41) is 7.10. The zero-order chi connectivity index (χ0) is 21.5. The molecule has 0 aromatic heterocycles. The largest absolute Gasteiger partial charge is 0.346 e. The first-order valence-corrected chi connectivity index (χ1v) is 12.0. The van der Waals surface area contributed by atoms with E-state index in [4.69, 9.17) is 0 Å². The van der Waals surface area contributed by atoms with Crippen LogP contribution in [0.3, 0.4) is 0 Å². The van der Waals surface area contributed by atoms with E-state index in [0.717, 1.165) is 55.1 Å². The van der Waals surface area contributed by atoms with Crippen LogP contribution in [0, 0.1) is 19.8 Å². The molecule has 2 aromatic rings. The molecule has 0 saturated carbocycles. The van der Waals surface area contributed by atoms with Crippen LogP contribution in [0.2, 0.25) is 0 Å². The lowest BCUT2D eigenvalue weighted by Gasteiger charge is -2.49. The molecule has 5 rings (SSSR count). The highest BCUT2D eigenvalue weighted by atomic mass is 16.1. The first kappa shape index (κ1) is 20.7. The van der Waals surface area contributed by atoms with Gasteiger partial charge in [-0.05, 0) is 86.7 Å². The van der Waals surface area contributed by atoms with E-state index in [1.165, 1.54) is 29.5 Å². The van der Waals surface area contributed by atoms with Crippen molar-refractivity contribution < 1.29 is 4.79 Å². The predicted octanol–water partition coefficient (Wildman–Crippen LogP) is 4.47. The Labute approximate surface area is 186 Å². The summed E-state index contributed by atoms with van der Waals surface area (Å²) < 4.78 is 0. The number of rotatable bonds is 3. The molecule has 3 aliphatic rings. The first-order chi connectivity index (χ1) is 15.0. The monoisotopic (exact) mass is 417 g/mol. The van der Waals surface area contributed by atoms with Crippen LogP contribution in [0.25, 0.3) is 0 Å². The van der Waals surface area contributed by atoms with E-state index < -0.39 is 0 Å². The summed E-state index contributed by atoms with van der Waals surface area (Å²) in [5.41, 5.74) is 7.13. The van der Waals surface area contributed by atoms with Gasteiger partial charge >= 0.3 is 0 Å². The van der Waals surface area contributed by atoms with Gasteiger partial charge in [-0.15, -0.1) is 0 Å². The molecular weight excluding hydrogens is 382 g/mol. The molecule has 0 radical (unpaired) electrons. The van der Waals surface area contributed by atoms with Crippen molar-refractivity contribution in [3.63, 3.8) is 0 Å². The van der Waals surface area contributed by atoms with Crippen molar-refractivity contribution >= 4 is 5.91 Å². The maximum Gasteiger partial charge on any atom is 0.252 e. The number of nitrogens with one attached hydrogen (secondary N) is 2. The third kappa shape index (κ3) is 3.81. The van der Waals surface area contributed by atoms with Gasteiger partial charge in [0.2, 0.25) is 0 Å². The number of fused-ring (bicyclic) bond motifs is 4.